The molecule has 0 saturated carbocycles. The molecule has 1 heterocycles. The summed E-state index contributed by atoms with van der Waals surface area (Å²) in [6.07, 6.45) is 2.70. The van der Waals surface area contributed by atoms with E-state index in [2.05, 4.69) is 38.2 Å². The van der Waals surface area contributed by atoms with E-state index in [1.54, 1.807) is 0 Å². The molecule has 2 heteroatoms. The molecule has 1 aliphatic rings. The molecule has 1 atom stereocenters. The third-order valence-electron chi connectivity index (χ3n) is 3.15. The Labute approximate surface area is 82.7 Å². The summed E-state index contributed by atoms with van der Waals surface area (Å²) in [5.41, 5.74) is 0. The maximum Gasteiger partial charge on any atom is 0.0141 e. The molecule has 1 unspecified atom stereocenters. The van der Waals surface area contributed by atoms with Crippen LogP contribution in [0.4, 0.5) is 0 Å². The van der Waals surface area contributed by atoms with Crippen LogP contribution in [0.25, 0.3) is 0 Å². The second-order valence-electron chi connectivity index (χ2n) is 4.79. The van der Waals surface area contributed by atoms with Crippen molar-refractivity contribution >= 4 is 0 Å². The van der Waals surface area contributed by atoms with Crippen molar-refractivity contribution in [2.45, 2.75) is 32.7 Å². The van der Waals surface area contributed by atoms with Crippen molar-refractivity contribution in [2.24, 2.45) is 11.8 Å². The Morgan fingerprint density at radius 1 is 1.15 bits per heavy atom. The van der Waals surface area contributed by atoms with E-state index in [1.807, 2.05) is 0 Å². The number of rotatable bonds is 3. The van der Waals surface area contributed by atoms with Gasteiger partial charge in [-0.1, -0.05) is 13.8 Å². The topological polar surface area (TPSA) is 15.3 Å². The van der Waals surface area contributed by atoms with E-state index in [1.165, 1.54) is 25.9 Å². The van der Waals surface area contributed by atoms with Gasteiger partial charge in [-0.2, -0.15) is 0 Å². The molecule has 0 aromatic rings. The van der Waals surface area contributed by atoms with Crippen molar-refractivity contribution in [3.05, 3.63) is 0 Å². The minimum Gasteiger partial charge on any atom is -0.317 e. The summed E-state index contributed by atoms with van der Waals surface area (Å²) in [6.45, 7) is 7.10. The molecule has 1 N–H and O–H groups in total. The zero-order valence-corrected chi connectivity index (χ0v) is 9.51. The number of piperidine rings is 1. The zero-order chi connectivity index (χ0) is 9.84. The standard InChI is InChI=1S/C11H24N2/c1-9(2)11(13(3)4)10-5-7-12-8-6-10/h9-12H,5-8H2,1-4H3. The molecule has 0 amide bonds. The van der Waals surface area contributed by atoms with Crippen LogP contribution in [0.1, 0.15) is 26.7 Å². The largest absolute Gasteiger partial charge is 0.317 e. The lowest BCUT2D eigenvalue weighted by Gasteiger charge is -2.37. The normalized spacial score (nSPS) is 22.6. The monoisotopic (exact) mass is 184 g/mol. The number of nitrogens with one attached hydrogen (secondary N) is 1. The predicted molar refractivity (Wildman–Crippen MR) is 57.9 cm³/mol. The molecule has 1 rings (SSSR count). The van der Waals surface area contributed by atoms with Gasteiger partial charge in [-0.25, -0.2) is 0 Å². The molecule has 0 radical (unpaired) electrons. The Hall–Kier alpha value is -0.0800. The van der Waals surface area contributed by atoms with Crippen molar-refractivity contribution in [3.63, 3.8) is 0 Å². The van der Waals surface area contributed by atoms with E-state index in [0.29, 0.717) is 0 Å². The smallest absolute Gasteiger partial charge is 0.0141 e. The minimum atomic E-state index is 0.766. The predicted octanol–water partition coefficient (Wildman–Crippen LogP) is 1.57. The third kappa shape index (κ3) is 2.96. The lowest BCUT2D eigenvalue weighted by atomic mass is 9.83. The van der Waals surface area contributed by atoms with Gasteiger partial charge in [-0.3, -0.25) is 0 Å². The molecule has 1 fully saturated rings. The summed E-state index contributed by atoms with van der Waals surface area (Å²) < 4.78 is 0. The Bertz CT molecular complexity index is 129. The van der Waals surface area contributed by atoms with Crippen molar-refractivity contribution in [1.29, 1.82) is 0 Å². The van der Waals surface area contributed by atoms with Crippen LogP contribution in [-0.4, -0.2) is 38.1 Å². The van der Waals surface area contributed by atoms with Crippen LogP contribution < -0.4 is 5.32 Å². The molecule has 13 heavy (non-hydrogen) atoms. The van der Waals surface area contributed by atoms with Crippen LogP contribution in [-0.2, 0) is 0 Å². The fraction of sp³-hybridized carbons (Fsp3) is 1.00. The average Bonchev–Trinajstić information content (AvgIpc) is 2.04. The molecular weight excluding hydrogens is 160 g/mol. The van der Waals surface area contributed by atoms with Crippen molar-refractivity contribution in [2.75, 3.05) is 27.2 Å². The highest BCUT2D eigenvalue weighted by Crippen LogP contribution is 2.24. The summed E-state index contributed by atoms with van der Waals surface area (Å²) in [6, 6.07) is 0.766. The van der Waals surface area contributed by atoms with Crippen LogP contribution in [0.5, 0.6) is 0 Å². The number of nitrogens with zero attached hydrogens (tertiary/aromatic N) is 1. The van der Waals surface area contributed by atoms with Crippen LogP contribution in [0.15, 0.2) is 0 Å². The molecule has 0 bridgehead atoms. The lowest BCUT2D eigenvalue weighted by Crippen LogP contribution is -2.44. The highest BCUT2D eigenvalue weighted by molar-refractivity contribution is 4.82. The maximum absolute atomic E-state index is 3.43. The van der Waals surface area contributed by atoms with Crippen molar-refractivity contribution in [1.82, 2.24) is 10.2 Å². The Morgan fingerprint density at radius 2 is 1.69 bits per heavy atom. The van der Waals surface area contributed by atoms with Gasteiger partial charge >= 0.3 is 0 Å². The first-order valence-corrected chi connectivity index (χ1v) is 5.50. The summed E-state index contributed by atoms with van der Waals surface area (Å²) in [7, 11) is 4.43. The first-order valence-electron chi connectivity index (χ1n) is 5.50. The van der Waals surface area contributed by atoms with Crippen molar-refractivity contribution < 1.29 is 0 Å². The van der Waals surface area contributed by atoms with E-state index in [9.17, 15) is 0 Å². The minimum absolute atomic E-state index is 0.766. The van der Waals surface area contributed by atoms with Gasteiger partial charge in [0.25, 0.3) is 0 Å². The Kier molecular flexibility index (Phi) is 4.20. The summed E-state index contributed by atoms with van der Waals surface area (Å²) in [5, 5.41) is 3.43. The number of hydrogen-bond acceptors (Lipinski definition) is 2. The average molecular weight is 184 g/mol. The fourth-order valence-electron chi connectivity index (χ4n) is 2.75. The van der Waals surface area contributed by atoms with Crippen LogP contribution in [0, 0.1) is 11.8 Å². The van der Waals surface area contributed by atoms with Gasteiger partial charge in [0.1, 0.15) is 0 Å². The Balaban J connectivity index is 2.52. The zero-order valence-electron chi connectivity index (χ0n) is 9.51. The van der Waals surface area contributed by atoms with E-state index in [-0.39, 0.29) is 0 Å². The van der Waals surface area contributed by atoms with Gasteiger partial charge in [0.05, 0.1) is 0 Å². The molecule has 1 aliphatic heterocycles. The quantitative estimate of drug-likeness (QED) is 0.716. The Morgan fingerprint density at radius 3 is 2.08 bits per heavy atom. The molecule has 0 aromatic carbocycles. The lowest BCUT2D eigenvalue weighted by molar-refractivity contribution is 0.132. The molecule has 2 nitrogen and oxygen atoms in total. The fourth-order valence-corrected chi connectivity index (χ4v) is 2.75. The van der Waals surface area contributed by atoms with E-state index in [4.69, 9.17) is 0 Å². The van der Waals surface area contributed by atoms with E-state index < -0.39 is 0 Å². The van der Waals surface area contributed by atoms with Gasteiger partial charge < -0.3 is 10.2 Å². The summed E-state index contributed by atoms with van der Waals surface area (Å²) >= 11 is 0. The molecule has 0 aliphatic carbocycles. The third-order valence-corrected chi connectivity index (χ3v) is 3.15. The molecule has 0 aromatic heterocycles. The van der Waals surface area contributed by atoms with Gasteiger partial charge in [-0.15, -0.1) is 0 Å². The van der Waals surface area contributed by atoms with Gasteiger partial charge in [0, 0.05) is 6.04 Å². The van der Waals surface area contributed by atoms with Gasteiger partial charge in [-0.05, 0) is 51.9 Å². The maximum atomic E-state index is 3.43. The van der Waals surface area contributed by atoms with Gasteiger partial charge in [0.15, 0.2) is 0 Å². The summed E-state index contributed by atoms with van der Waals surface area (Å²) in [4.78, 5) is 2.40. The van der Waals surface area contributed by atoms with Gasteiger partial charge in [0.2, 0.25) is 0 Å². The summed E-state index contributed by atoms with van der Waals surface area (Å²) in [5.74, 6) is 1.68. The van der Waals surface area contributed by atoms with Crippen LogP contribution >= 0.6 is 0 Å². The second-order valence-corrected chi connectivity index (χ2v) is 4.79. The first kappa shape index (κ1) is 11.0. The molecular formula is C11H24N2. The highest BCUT2D eigenvalue weighted by atomic mass is 15.1. The highest BCUT2D eigenvalue weighted by Gasteiger charge is 2.27. The SMILES string of the molecule is CC(C)C(C1CCNCC1)N(C)C. The number of hydrogen-bond donors (Lipinski definition) is 1. The van der Waals surface area contributed by atoms with Crippen molar-refractivity contribution in [3.8, 4) is 0 Å². The first-order chi connectivity index (χ1) is 6.13. The molecule has 0 spiro atoms. The second kappa shape index (κ2) is 4.97. The van der Waals surface area contributed by atoms with Crippen LogP contribution in [0.3, 0.4) is 0 Å². The van der Waals surface area contributed by atoms with Crippen LogP contribution in [0.2, 0.25) is 0 Å². The van der Waals surface area contributed by atoms with E-state index in [0.717, 1.165) is 17.9 Å². The van der Waals surface area contributed by atoms with E-state index >= 15 is 0 Å². The molecule has 1 saturated heterocycles. The molecule has 78 valence electrons.